The molecule has 3 aromatic rings. The lowest BCUT2D eigenvalue weighted by molar-refractivity contribution is 0.0475. The molecule has 4 N–H and O–H groups in total. The third-order valence-corrected chi connectivity index (χ3v) is 4.95. The van der Waals surface area contributed by atoms with E-state index < -0.39 is 35.2 Å². The summed E-state index contributed by atoms with van der Waals surface area (Å²) in [6, 6.07) is 15.4. The monoisotopic (exact) mass is 452 g/mol. The second-order valence-corrected chi connectivity index (χ2v) is 7.17. The van der Waals surface area contributed by atoms with E-state index in [0.29, 0.717) is 5.69 Å². The van der Waals surface area contributed by atoms with Gasteiger partial charge < -0.3 is 20.9 Å². The summed E-state index contributed by atoms with van der Waals surface area (Å²) in [5.74, 6) is -1.92. The number of ether oxygens (including phenoxy) is 1. The second kappa shape index (κ2) is 10.4. The van der Waals surface area contributed by atoms with Crippen LogP contribution in [0.2, 0.25) is 0 Å². The van der Waals surface area contributed by atoms with E-state index in [4.69, 9.17) is 15.6 Å². The van der Waals surface area contributed by atoms with E-state index in [9.17, 15) is 19.2 Å². The Bertz CT molecular complexity index is 1280. The van der Waals surface area contributed by atoms with Gasteiger partial charge in [0.2, 0.25) is 5.78 Å². The number of esters is 1. The van der Waals surface area contributed by atoms with Crippen molar-refractivity contribution in [3.05, 3.63) is 92.1 Å². The van der Waals surface area contributed by atoms with E-state index in [1.54, 1.807) is 42.5 Å². The number of rotatable bonds is 9. The number of nitrogens with one attached hydrogen (secondary N) is 1. The molecule has 172 valence electrons. The van der Waals surface area contributed by atoms with Crippen LogP contribution in [0, 0.1) is 0 Å². The fourth-order valence-electron chi connectivity index (χ4n) is 3.25. The molecule has 0 unspecified atom stereocenters. The van der Waals surface area contributed by atoms with E-state index in [0.717, 1.165) is 14.7 Å². The van der Waals surface area contributed by atoms with Crippen molar-refractivity contribution in [3.8, 4) is 0 Å². The maximum absolute atomic E-state index is 12.8. The van der Waals surface area contributed by atoms with Gasteiger partial charge in [0.25, 0.3) is 5.56 Å². The zero-order valence-corrected chi connectivity index (χ0v) is 18.0. The van der Waals surface area contributed by atoms with Gasteiger partial charge in [-0.25, -0.2) is 9.59 Å². The Morgan fingerprint density at radius 1 is 1.06 bits per heavy atom. The first kappa shape index (κ1) is 23.5. The number of benzene rings is 2. The van der Waals surface area contributed by atoms with Crippen LogP contribution in [-0.4, -0.2) is 45.8 Å². The van der Waals surface area contributed by atoms with Crippen LogP contribution >= 0.6 is 0 Å². The van der Waals surface area contributed by atoms with Gasteiger partial charge in [-0.3, -0.25) is 18.7 Å². The molecule has 10 heteroatoms. The molecule has 1 aromatic heterocycles. The molecule has 0 radical (unpaired) electrons. The predicted molar refractivity (Wildman–Crippen MR) is 123 cm³/mol. The molecule has 0 atom stereocenters. The highest BCUT2D eigenvalue weighted by Crippen LogP contribution is 2.16. The van der Waals surface area contributed by atoms with Crippen LogP contribution in [0.15, 0.2) is 64.2 Å². The quantitative estimate of drug-likeness (QED) is 0.316. The van der Waals surface area contributed by atoms with Gasteiger partial charge in [0.1, 0.15) is 11.4 Å². The molecule has 0 saturated heterocycles. The number of aliphatic hydroxyl groups excluding tert-OH is 1. The topological polar surface area (TPSA) is 146 Å². The third kappa shape index (κ3) is 5.18. The zero-order valence-electron chi connectivity index (χ0n) is 18.0. The highest BCUT2D eigenvalue weighted by molar-refractivity contribution is 6.03. The van der Waals surface area contributed by atoms with Crippen molar-refractivity contribution in [1.29, 1.82) is 0 Å². The summed E-state index contributed by atoms with van der Waals surface area (Å²) in [6.45, 7) is -0.596. The summed E-state index contributed by atoms with van der Waals surface area (Å²) >= 11 is 0. The molecule has 10 nitrogen and oxygen atoms in total. The molecular weight excluding hydrogens is 428 g/mol. The Hall–Kier alpha value is -4.18. The van der Waals surface area contributed by atoms with Crippen LogP contribution in [0.4, 0.5) is 11.5 Å². The summed E-state index contributed by atoms with van der Waals surface area (Å²) in [5, 5.41) is 11.9. The number of hydrogen-bond acceptors (Lipinski definition) is 8. The number of nitrogens with zero attached hydrogens (tertiary/aromatic N) is 2. The van der Waals surface area contributed by atoms with Crippen molar-refractivity contribution in [2.75, 3.05) is 30.8 Å². The molecule has 3 rings (SSSR count). The Morgan fingerprint density at radius 2 is 1.73 bits per heavy atom. The average molecular weight is 452 g/mol. The average Bonchev–Trinajstić information content (AvgIpc) is 2.83. The number of carbonyl (C=O) groups is 2. The molecule has 2 aromatic carbocycles. The molecule has 0 aliphatic carbocycles. The molecule has 0 aliphatic heterocycles. The van der Waals surface area contributed by atoms with Gasteiger partial charge in [-0.2, -0.15) is 0 Å². The second-order valence-electron chi connectivity index (χ2n) is 7.17. The summed E-state index contributed by atoms with van der Waals surface area (Å²) in [4.78, 5) is 50.5. The summed E-state index contributed by atoms with van der Waals surface area (Å²) < 4.78 is 7.04. The van der Waals surface area contributed by atoms with Crippen LogP contribution in [0.1, 0.15) is 26.3 Å². The number of aromatic nitrogens is 2. The lowest BCUT2D eigenvalue weighted by Gasteiger charge is -2.15. The lowest BCUT2D eigenvalue weighted by Crippen LogP contribution is -2.43. The summed E-state index contributed by atoms with van der Waals surface area (Å²) in [6.07, 6.45) is 0. The molecule has 0 spiro atoms. The van der Waals surface area contributed by atoms with E-state index in [1.807, 2.05) is 6.07 Å². The first-order valence-electron chi connectivity index (χ1n) is 10.1. The fraction of sp³-hybridized carbons (Fsp3) is 0.217. The number of hydrogen-bond donors (Lipinski definition) is 3. The van der Waals surface area contributed by atoms with Gasteiger partial charge in [-0.1, -0.05) is 42.5 Å². The molecule has 1 heterocycles. The lowest BCUT2D eigenvalue weighted by atomic mass is 10.1. The minimum Gasteiger partial charge on any atom is -0.454 e. The zero-order chi connectivity index (χ0) is 24.0. The maximum atomic E-state index is 12.8. The van der Waals surface area contributed by atoms with Crippen LogP contribution in [0.5, 0.6) is 0 Å². The predicted octanol–water partition coefficient (Wildman–Crippen LogP) is 0.621. The van der Waals surface area contributed by atoms with Crippen molar-refractivity contribution in [3.63, 3.8) is 0 Å². The fourth-order valence-corrected chi connectivity index (χ4v) is 3.25. The first-order valence-corrected chi connectivity index (χ1v) is 10.1. The first-order chi connectivity index (χ1) is 15.8. The van der Waals surface area contributed by atoms with Crippen molar-refractivity contribution >= 4 is 23.3 Å². The molecular formula is C23H24N4O6. The number of aliphatic hydroxyl groups is 1. The molecule has 0 saturated carbocycles. The number of ketones is 1. The van der Waals surface area contributed by atoms with Gasteiger partial charge in [0.15, 0.2) is 6.61 Å². The molecule has 0 fully saturated rings. The van der Waals surface area contributed by atoms with Gasteiger partial charge >= 0.3 is 11.7 Å². The van der Waals surface area contributed by atoms with Crippen molar-refractivity contribution < 1.29 is 19.4 Å². The van der Waals surface area contributed by atoms with Gasteiger partial charge in [0.05, 0.1) is 18.7 Å². The SMILES string of the molecule is Cn1c(=O)c(C(=O)COC(=O)c2ccccc2NCCO)c(N)n(Cc2ccccc2)c1=O. The van der Waals surface area contributed by atoms with Crippen LogP contribution in [0.3, 0.4) is 0 Å². The van der Waals surface area contributed by atoms with Crippen LogP contribution < -0.4 is 22.3 Å². The number of anilines is 2. The van der Waals surface area contributed by atoms with Gasteiger partial charge in [-0.05, 0) is 17.7 Å². The van der Waals surface area contributed by atoms with Crippen molar-refractivity contribution in [2.24, 2.45) is 7.05 Å². The number of carbonyl (C=O) groups excluding carboxylic acids is 2. The standard InChI is InChI=1S/C23H24N4O6/c1-26-21(30)19(20(24)27(23(26)32)13-15-7-3-2-4-8-15)18(29)14-33-22(31)16-9-5-6-10-17(16)25-11-12-28/h2-10,25,28H,11-14,24H2,1H3. The summed E-state index contributed by atoms with van der Waals surface area (Å²) in [5.41, 5.74) is 5.43. The number of Topliss-reactive ketones (excluding diaryl/α,β-unsaturated/α-hetero) is 1. The minimum atomic E-state index is -0.868. The normalized spacial score (nSPS) is 10.6. The molecule has 0 bridgehead atoms. The van der Waals surface area contributed by atoms with E-state index in [-0.39, 0.29) is 31.1 Å². The Balaban J connectivity index is 1.85. The number of nitrogen functional groups attached to an aromatic ring is 1. The largest absolute Gasteiger partial charge is 0.454 e. The maximum Gasteiger partial charge on any atom is 0.340 e. The number of nitrogens with two attached hydrogens (primary N) is 1. The van der Waals surface area contributed by atoms with Gasteiger partial charge in [-0.15, -0.1) is 0 Å². The molecule has 0 amide bonds. The third-order valence-electron chi connectivity index (χ3n) is 4.95. The minimum absolute atomic E-state index is 0.0591. The highest BCUT2D eigenvalue weighted by Gasteiger charge is 2.23. The Kier molecular flexibility index (Phi) is 7.42. The molecule has 33 heavy (non-hydrogen) atoms. The Labute approximate surface area is 188 Å². The Morgan fingerprint density at radius 3 is 2.42 bits per heavy atom. The highest BCUT2D eigenvalue weighted by atomic mass is 16.5. The van der Waals surface area contributed by atoms with E-state index in [2.05, 4.69) is 5.32 Å². The summed E-state index contributed by atoms with van der Waals surface area (Å²) in [7, 11) is 1.25. The number of para-hydroxylation sites is 1. The molecule has 0 aliphatic rings. The van der Waals surface area contributed by atoms with Crippen molar-refractivity contribution in [1.82, 2.24) is 9.13 Å². The van der Waals surface area contributed by atoms with Crippen molar-refractivity contribution in [2.45, 2.75) is 6.54 Å². The van der Waals surface area contributed by atoms with Gasteiger partial charge in [0, 0.05) is 19.3 Å². The van der Waals surface area contributed by atoms with Crippen LogP contribution in [-0.2, 0) is 18.3 Å². The van der Waals surface area contributed by atoms with E-state index >= 15 is 0 Å². The van der Waals surface area contributed by atoms with Crippen LogP contribution in [0.25, 0.3) is 0 Å². The van der Waals surface area contributed by atoms with E-state index in [1.165, 1.54) is 13.1 Å². The smallest absolute Gasteiger partial charge is 0.340 e.